The molecule has 3 rings (SSSR count). The van der Waals surface area contributed by atoms with E-state index in [0.29, 0.717) is 5.56 Å². The van der Waals surface area contributed by atoms with E-state index in [1.807, 2.05) is 42.6 Å². The smallest absolute Gasteiger partial charge is 0.268 e. The van der Waals surface area contributed by atoms with Crippen molar-refractivity contribution >= 4 is 29.2 Å². The molecule has 1 aromatic carbocycles. The van der Waals surface area contributed by atoms with Crippen LogP contribution in [0.15, 0.2) is 47.5 Å². The first-order chi connectivity index (χ1) is 11.1. The van der Waals surface area contributed by atoms with E-state index in [1.165, 1.54) is 11.3 Å². The third kappa shape index (κ3) is 4.07. The van der Waals surface area contributed by atoms with Crippen molar-refractivity contribution < 1.29 is 9.59 Å². The summed E-state index contributed by atoms with van der Waals surface area (Å²) in [6, 6.07) is 11.4. The van der Waals surface area contributed by atoms with E-state index in [0.717, 1.165) is 23.3 Å². The zero-order valence-electron chi connectivity index (χ0n) is 12.8. The van der Waals surface area contributed by atoms with Crippen molar-refractivity contribution in [3.05, 3.63) is 63.5 Å². The molecule has 1 aromatic heterocycles. The fourth-order valence-corrected chi connectivity index (χ4v) is 2.84. The van der Waals surface area contributed by atoms with Crippen LogP contribution in [-0.2, 0) is 4.79 Å². The van der Waals surface area contributed by atoms with Gasteiger partial charge < -0.3 is 10.6 Å². The predicted molar refractivity (Wildman–Crippen MR) is 92.1 cm³/mol. The molecule has 2 amide bonds. The van der Waals surface area contributed by atoms with E-state index in [-0.39, 0.29) is 23.6 Å². The predicted octanol–water partition coefficient (Wildman–Crippen LogP) is 3.11. The van der Waals surface area contributed by atoms with E-state index in [4.69, 9.17) is 0 Å². The molecule has 1 saturated carbocycles. The number of hydrogen-bond acceptors (Lipinski definition) is 3. The van der Waals surface area contributed by atoms with Crippen molar-refractivity contribution in [2.45, 2.75) is 25.8 Å². The molecule has 118 valence electrons. The monoisotopic (exact) mass is 326 g/mol. The van der Waals surface area contributed by atoms with Gasteiger partial charge in [-0.2, -0.15) is 0 Å². The second-order valence-corrected chi connectivity index (χ2v) is 6.57. The number of thiophene rings is 1. The maximum atomic E-state index is 12.5. The highest BCUT2D eigenvalue weighted by Crippen LogP contribution is 2.20. The Morgan fingerprint density at radius 2 is 1.96 bits per heavy atom. The van der Waals surface area contributed by atoms with Crippen LogP contribution in [0.25, 0.3) is 6.08 Å². The summed E-state index contributed by atoms with van der Waals surface area (Å²) in [5.74, 6) is -0.500. The Balaban J connectivity index is 1.81. The first kappa shape index (κ1) is 15.5. The van der Waals surface area contributed by atoms with Crippen molar-refractivity contribution in [2.24, 2.45) is 0 Å². The summed E-state index contributed by atoms with van der Waals surface area (Å²) < 4.78 is 0. The van der Waals surface area contributed by atoms with Gasteiger partial charge in [0.15, 0.2) is 0 Å². The summed E-state index contributed by atoms with van der Waals surface area (Å²) in [7, 11) is 0. The van der Waals surface area contributed by atoms with Crippen LogP contribution in [-0.4, -0.2) is 17.9 Å². The van der Waals surface area contributed by atoms with Crippen molar-refractivity contribution in [3.8, 4) is 0 Å². The van der Waals surface area contributed by atoms with Crippen LogP contribution in [0, 0.1) is 6.92 Å². The zero-order valence-corrected chi connectivity index (χ0v) is 13.7. The minimum Gasteiger partial charge on any atom is -0.348 e. The number of carbonyl (C=O) groups is 2. The molecule has 0 atom stereocenters. The van der Waals surface area contributed by atoms with E-state index >= 15 is 0 Å². The fraction of sp³-hybridized carbons (Fsp3) is 0.222. The Morgan fingerprint density at radius 3 is 2.61 bits per heavy atom. The molecular weight excluding hydrogens is 308 g/mol. The average molecular weight is 326 g/mol. The Bertz CT molecular complexity index is 746. The van der Waals surface area contributed by atoms with Crippen LogP contribution in [0.4, 0.5) is 0 Å². The second kappa shape index (κ2) is 6.79. The Morgan fingerprint density at radius 1 is 1.17 bits per heavy atom. The van der Waals surface area contributed by atoms with Crippen molar-refractivity contribution in [1.82, 2.24) is 10.6 Å². The largest absolute Gasteiger partial charge is 0.348 e. The van der Waals surface area contributed by atoms with Gasteiger partial charge in [0.2, 0.25) is 0 Å². The first-order valence-electron chi connectivity index (χ1n) is 7.56. The van der Waals surface area contributed by atoms with Gasteiger partial charge >= 0.3 is 0 Å². The molecule has 1 fully saturated rings. The summed E-state index contributed by atoms with van der Waals surface area (Å²) in [6.45, 7) is 1.88. The number of benzene rings is 1. The van der Waals surface area contributed by atoms with Gasteiger partial charge in [0.25, 0.3) is 11.8 Å². The van der Waals surface area contributed by atoms with Gasteiger partial charge in [-0.3, -0.25) is 9.59 Å². The van der Waals surface area contributed by atoms with Crippen LogP contribution in [0.2, 0.25) is 0 Å². The van der Waals surface area contributed by atoms with Crippen molar-refractivity contribution in [2.75, 3.05) is 0 Å². The minimum atomic E-state index is -0.267. The maximum Gasteiger partial charge on any atom is 0.268 e. The van der Waals surface area contributed by atoms with Gasteiger partial charge in [0.1, 0.15) is 5.70 Å². The lowest BCUT2D eigenvalue weighted by Crippen LogP contribution is -2.36. The summed E-state index contributed by atoms with van der Waals surface area (Å²) in [4.78, 5) is 25.8. The summed E-state index contributed by atoms with van der Waals surface area (Å²) in [5.41, 5.74) is 1.74. The second-order valence-electron chi connectivity index (χ2n) is 5.59. The number of rotatable bonds is 5. The maximum absolute atomic E-state index is 12.5. The van der Waals surface area contributed by atoms with E-state index in [9.17, 15) is 9.59 Å². The molecule has 23 heavy (non-hydrogen) atoms. The summed E-state index contributed by atoms with van der Waals surface area (Å²) >= 11 is 1.52. The Labute approximate surface area is 139 Å². The van der Waals surface area contributed by atoms with Crippen molar-refractivity contribution in [3.63, 3.8) is 0 Å². The fourth-order valence-electron chi connectivity index (χ4n) is 2.18. The molecule has 0 spiro atoms. The summed E-state index contributed by atoms with van der Waals surface area (Å²) in [5, 5.41) is 7.62. The topological polar surface area (TPSA) is 58.2 Å². The number of carbonyl (C=O) groups excluding carboxylic acids is 2. The van der Waals surface area contributed by atoms with Gasteiger partial charge in [-0.1, -0.05) is 24.3 Å². The summed E-state index contributed by atoms with van der Waals surface area (Å²) in [6.07, 6.45) is 3.73. The molecule has 5 heteroatoms. The highest BCUT2D eigenvalue weighted by molar-refractivity contribution is 7.10. The zero-order chi connectivity index (χ0) is 16.2. The van der Waals surface area contributed by atoms with Gasteiger partial charge in [-0.05, 0) is 48.9 Å². The normalized spacial score (nSPS) is 14.4. The third-order valence-electron chi connectivity index (χ3n) is 3.62. The average Bonchev–Trinajstić information content (AvgIpc) is 3.19. The molecule has 2 aromatic rings. The molecular formula is C18H18N2O2S. The Hall–Kier alpha value is -2.40. The number of hydrogen-bond donors (Lipinski definition) is 2. The lowest BCUT2D eigenvalue weighted by molar-refractivity contribution is -0.117. The minimum absolute atomic E-state index is 0.233. The molecule has 2 N–H and O–H groups in total. The van der Waals surface area contributed by atoms with Gasteiger partial charge in [0, 0.05) is 16.5 Å². The molecule has 1 heterocycles. The molecule has 0 unspecified atom stereocenters. The third-order valence-corrected chi connectivity index (χ3v) is 4.44. The van der Waals surface area contributed by atoms with Crippen LogP contribution < -0.4 is 10.6 Å². The van der Waals surface area contributed by atoms with Crippen LogP contribution >= 0.6 is 11.3 Å². The standard InChI is InChI=1S/C18H18N2O2S/c1-12-5-2-3-7-15(12)17(21)20-16(11-14-6-4-10-23-14)18(22)19-13-8-9-13/h2-7,10-11,13H,8-9H2,1H3,(H,19,22)(H,20,21)/b16-11-. The lowest BCUT2D eigenvalue weighted by atomic mass is 10.1. The number of amides is 2. The van der Waals surface area contributed by atoms with Gasteiger partial charge in [0.05, 0.1) is 0 Å². The molecule has 1 aliphatic rings. The first-order valence-corrected chi connectivity index (χ1v) is 8.44. The molecule has 0 bridgehead atoms. The van der Waals surface area contributed by atoms with Gasteiger partial charge in [-0.25, -0.2) is 0 Å². The van der Waals surface area contributed by atoms with E-state index in [1.54, 1.807) is 12.1 Å². The highest BCUT2D eigenvalue weighted by atomic mass is 32.1. The number of nitrogens with one attached hydrogen (secondary N) is 2. The van der Waals surface area contributed by atoms with Crippen LogP contribution in [0.1, 0.15) is 33.6 Å². The molecule has 0 aliphatic heterocycles. The SMILES string of the molecule is Cc1ccccc1C(=O)N/C(=C\c1cccs1)C(=O)NC1CC1. The number of aryl methyl sites for hydroxylation is 1. The van der Waals surface area contributed by atoms with E-state index in [2.05, 4.69) is 10.6 Å². The van der Waals surface area contributed by atoms with Crippen LogP contribution in [0.5, 0.6) is 0 Å². The molecule has 1 aliphatic carbocycles. The van der Waals surface area contributed by atoms with E-state index < -0.39 is 0 Å². The Kier molecular flexibility index (Phi) is 4.57. The van der Waals surface area contributed by atoms with Crippen LogP contribution in [0.3, 0.4) is 0 Å². The molecule has 0 saturated heterocycles. The quantitative estimate of drug-likeness (QED) is 0.830. The van der Waals surface area contributed by atoms with Crippen molar-refractivity contribution in [1.29, 1.82) is 0 Å². The lowest BCUT2D eigenvalue weighted by Gasteiger charge is -2.11. The molecule has 4 nitrogen and oxygen atoms in total. The van der Waals surface area contributed by atoms with Gasteiger partial charge in [-0.15, -0.1) is 11.3 Å². The highest BCUT2D eigenvalue weighted by Gasteiger charge is 2.25. The molecule has 0 radical (unpaired) electrons.